The van der Waals surface area contributed by atoms with Gasteiger partial charge in [-0.1, -0.05) is 29.8 Å². The number of hydrogen-bond donors (Lipinski definition) is 1. The van der Waals surface area contributed by atoms with Crippen molar-refractivity contribution < 1.29 is 17.9 Å². The van der Waals surface area contributed by atoms with Crippen molar-refractivity contribution >= 4 is 16.5 Å². The molecule has 3 rings (SSSR count). The van der Waals surface area contributed by atoms with E-state index in [2.05, 4.69) is 4.98 Å². The fourth-order valence-electron chi connectivity index (χ4n) is 2.10. The number of hydrogen-bond acceptors (Lipinski definition) is 4. The molecule has 3 aromatic rings. The Bertz CT molecular complexity index is 812. The van der Waals surface area contributed by atoms with Crippen LogP contribution in [0.15, 0.2) is 53.9 Å². The smallest absolute Gasteiger partial charge is 0.416 e. The lowest BCUT2D eigenvalue weighted by Gasteiger charge is -2.05. The molecule has 0 fully saturated rings. The number of benzene rings is 2. The van der Waals surface area contributed by atoms with Crippen molar-refractivity contribution in [3.05, 3.63) is 76.3 Å². The van der Waals surface area contributed by atoms with E-state index in [4.69, 9.17) is 10.5 Å². The zero-order valence-corrected chi connectivity index (χ0v) is 15.2. The van der Waals surface area contributed by atoms with E-state index >= 15 is 0 Å². The molecule has 0 bridgehead atoms. The standard InChI is InChI=1S/C11H12N2OS.C8H7F3/c1-14-10-4-2-8(3-5-10)6-9-7-15-11(12)13-9;1-6-2-4-7(5-3-6)8(9,10)11/h2-5,7H,6H2,1H3,(H2,12,13);2-5H,1H3. The van der Waals surface area contributed by atoms with Crippen LogP contribution in [0.5, 0.6) is 5.75 Å². The summed E-state index contributed by atoms with van der Waals surface area (Å²) < 4.78 is 40.8. The van der Waals surface area contributed by atoms with Gasteiger partial charge in [0.25, 0.3) is 0 Å². The molecule has 0 aliphatic carbocycles. The summed E-state index contributed by atoms with van der Waals surface area (Å²) in [4.78, 5) is 4.21. The second-order valence-electron chi connectivity index (χ2n) is 5.57. The Morgan fingerprint density at radius 1 is 1.04 bits per heavy atom. The monoisotopic (exact) mass is 380 g/mol. The Balaban J connectivity index is 0.000000197. The lowest BCUT2D eigenvalue weighted by atomic mass is 10.1. The molecule has 0 radical (unpaired) electrons. The number of nitrogen functional groups attached to an aromatic ring is 1. The lowest BCUT2D eigenvalue weighted by Crippen LogP contribution is -2.03. The maximum absolute atomic E-state index is 11.9. The maximum Gasteiger partial charge on any atom is 0.416 e. The molecule has 138 valence electrons. The fourth-order valence-corrected chi connectivity index (χ4v) is 2.66. The molecule has 0 unspecified atom stereocenters. The van der Waals surface area contributed by atoms with Gasteiger partial charge in [-0.3, -0.25) is 0 Å². The van der Waals surface area contributed by atoms with Crippen molar-refractivity contribution in [1.82, 2.24) is 4.98 Å². The molecular weight excluding hydrogens is 361 g/mol. The van der Waals surface area contributed by atoms with Gasteiger partial charge in [0, 0.05) is 11.8 Å². The van der Waals surface area contributed by atoms with Gasteiger partial charge in [0.2, 0.25) is 0 Å². The van der Waals surface area contributed by atoms with E-state index in [9.17, 15) is 13.2 Å². The first kappa shape index (κ1) is 19.8. The average molecular weight is 380 g/mol. The zero-order valence-electron chi connectivity index (χ0n) is 14.4. The first-order valence-electron chi connectivity index (χ1n) is 7.74. The van der Waals surface area contributed by atoms with Crippen LogP contribution in [0, 0.1) is 6.92 Å². The fraction of sp³-hybridized carbons (Fsp3) is 0.211. The largest absolute Gasteiger partial charge is 0.497 e. The van der Waals surface area contributed by atoms with Gasteiger partial charge >= 0.3 is 6.18 Å². The number of thiazole rings is 1. The minimum Gasteiger partial charge on any atom is -0.497 e. The van der Waals surface area contributed by atoms with Gasteiger partial charge in [-0.05, 0) is 36.8 Å². The minimum atomic E-state index is -4.21. The highest BCUT2D eigenvalue weighted by molar-refractivity contribution is 7.13. The summed E-state index contributed by atoms with van der Waals surface area (Å²) in [6, 6.07) is 13.0. The summed E-state index contributed by atoms with van der Waals surface area (Å²) in [5, 5.41) is 2.61. The summed E-state index contributed by atoms with van der Waals surface area (Å²) in [5.41, 5.74) is 8.03. The summed E-state index contributed by atoms with van der Waals surface area (Å²) in [6.45, 7) is 1.75. The third kappa shape index (κ3) is 6.07. The van der Waals surface area contributed by atoms with Gasteiger partial charge in [0.1, 0.15) is 5.75 Å². The van der Waals surface area contributed by atoms with Crippen molar-refractivity contribution in [2.75, 3.05) is 12.8 Å². The van der Waals surface area contributed by atoms with Gasteiger partial charge in [-0.25, -0.2) is 4.98 Å². The van der Waals surface area contributed by atoms with E-state index < -0.39 is 11.7 Å². The number of alkyl halides is 3. The number of aromatic nitrogens is 1. The van der Waals surface area contributed by atoms with Crippen LogP contribution in [0.2, 0.25) is 0 Å². The van der Waals surface area contributed by atoms with Crippen LogP contribution in [0.1, 0.15) is 22.4 Å². The van der Waals surface area contributed by atoms with E-state index in [1.165, 1.54) is 29.0 Å². The molecule has 1 aromatic heterocycles. The summed E-state index contributed by atoms with van der Waals surface area (Å²) in [6.07, 6.45) is -3.40. The summed E-state index contributed by atoms with van der Waals surface area (Å²) >= 11 is 1.47. The van der Waals surface area contributed by atoms with Crippen molar-refractivity contribution in [2.24, 2.45) is 0 Å². The van der Waals surface area contributed by atoms with Crippen LogP contribution < -0.4 is 10.5 Å². The number of nitrogens with zero attached hydrogens (tertiary/aromatic N) is 1. The predicted molar refractivity (Wildman–Crippen MR) is 98.5 cm³/mol. The minimum absolute atomic E-state index is 0.594. The quantitative estimate of drug-likeness (QED) is 0.667. The van der Waals surface area contributed by atoms with E-state index in [0.29, 0.717) is 5.13 Å². The first-order valence-corrected chi connectivity index (χ1v) is 8.62. The third-order valence-electron chi connectivity index (χ3n) is 3.49. The van der Waals surface area contributed by atoms with E-state index in [1.54, 1.807) is 14.0 Å². The molecule has 0 saturated heterocycles. The van der Waals surface area contributed by atoms with Gasteiger partial charge in [-0.2, -0.15) is 13.2 Å². The van der Waals surface area contributed by atoms with Gasteiger partial charge < -0.3 is 10.5 Å². The predicted octanol–water partition coefficient (Wildman–Crippen LogP) is 5.34. The van der Waals surface area contributed by atoms with Gasteiger partial charge in [0.15, 0.2) is 5.13 Å². The highest BCUT2D eigenvalue weighted by atomic mass is 32.1. The van der Waals surface area contributed by atoms with Gasteiger partial charge in [0.05, 0.1) is 18.4 Å². The number of ether oxygens (including phenoxy) is 1. The number of rotatable bonds is 3. The van der Waals surface area contributed by atoms with Crippen molar-refractivity contribution in [2.45, 2.75) is 19.5 Å². The molecule has 7 heteroatoms. The Morgan fingerprint density at radius 3 is 2.12 bits per heavy atom. The maximum atomic E-state index is 11.9. The molecule has 2 N–H and O–H groups in total. The molecule has 0 spiro atoms. The highest BCUT2D eigenvalue weighted by Gasteiger charge is 2.29. The van der Waals surface area contributed by atoms with Crippen molar-refractivity contribution in [3.63, 3.8) is 0 Å². The zero-order chi connectivity index (χ0) is 19.2. The van der Waals surface area contributed by atoms with E-state index in [1.807, 2.05) is 29.6 Å². The van der Waals surface area contributed by atoms with Gasteiger partial charge in [-0.15, -0.1) is 11.3 Å². The molecule has 26 heavy (non-hydrogen) atoms. The highest BCUT2D eigenvalue weighted by Crippen LogP contribution is 2.28. The van der Waals surface area contributed by atoms with Crippen molar-refractivity contribution in [3.8, 4) is 5.75 Å². The molecule has 0 amide bonds. The second kappa shape index (κ2) is 8.71. The van der Waals surface area contributed by atoms with Crippen LogP contribution in [0.4, 0.5) is 18.3 Å². The molecule has 0 aliphatic heterocycles. The van der Waals surface area contributed by atoms with Crippen LogP contribution in [-0.2, 0) is 12.6 Å². The molecule has 1 heterocycles. The Hall–Kier alpha value is -2.54. The Labute approximate surface area is 154 Å². The Morgan fingerprint density at radius 2 is 1.65 bits per heavy atom. The summed E-state index contributed by atoms with van der Waals surface area (Å²) in [7, 11) is 1.66. The Kier molecular flexibility index (Phi) is 6.63. The average Bonchev–Trinajstić information content (AvgIpc) is 3.01. The third-order valence-corrected chi connectivity index (χ3v) is 4.22. The second-order valence-corrected chi connectivity index (χ2v) is 6.46. The van der Waals surface area contributed by atoms with Crippen LogP contribution >= 0.6 is 11.3 Å². The number of nitrogens with two attached hydrogens (primary N) is 1. The number of methoxy groups -OCH3 is 1. The normalized spacial score (nSPS) is 10.8. The molecule has 0 saturated carbocycles. The van der Waals surface area contributed by atoms with Crippen LogP contribution in [0.3, 0.4) is 0 Å². The van der Waals surface area contributed by atoms with Crippen molar-refractivity contribution in [1.29, 1.82) is 0 Å². The molecular formula is C19H19F3N2OS. The molecule has 0 atom stereocenters. The SMILES string of the molecule is COc1ccc(Cc2csc(N)n2)cc1.Cc1ccc(C(F)(F)F)cc1. The van der Waals surface area contributed by atoms with E-state index in [0.717, 1.165) is 35.6 Å². The molecule has 3 nitrogen and oxygen atoms in total. The first-order chi connectivity index (χ1) is 12.3. The van der Waals surface area contributed by atoms with Crippen LogP contribution in [0.25, 0.3) is 0 Å². The topological polar surface area (TPSA) is 48.1 Å². The molecule has 0 aliphatic rings. The number of aryl methyl sites for hydroxylation is 1. The number of anilines is 1. The summed E-state index contributed by atoms with van der Waals surface area (Å²) in [5.74, 6) is 0.872. The lowest BCUT2D eigenvalue weighted by molar-refractivity contribution is -0.137. The number of halogens is 3. The van der Waals surface area contributed by atoms with Crippen LogP contribution in [-0.4, -0.2) is 12.1 Å². The molecule has 2 aromatic carbocycles. The van der Waals surface area contributed by atoms with E-state index in [-0.39, 0.29) is 0 Å².